The van der Waals surface area contributed by atoms with Gasteiger partial charge in [0.1, 0.15) is 6.04 Å². The Kier molecular flexibility index (Phi) is 6.10. The Morgan fingerprint density at radius 2 is 1.87 bits per heavy atom. The SMILES string of the molecule is N#Cc1ccc(N2C(=O)CC(N(CC3CCCO3)C(=O)Cc3ccccc3)C2=O)cc1. The predicted octanol–water partition coefficient (Wildman–Crippen LogP) is 2.44. The maximum absolute atomic E-state index is 13.2. The second kappa shape index (κ2) is 9.11. The standard InChI is InChI=1S/C24H23N3O4/c25-15-18-8-10-19(11-9-18)27-23(29)14-21(24(27)30)26(16-20-7-4-12-31-20)22(28)13-17-5-2-1-3-6-17/h1-3,5-6,8-11,20-21H,4,7,12-14,16H2. The molecule has 4 rings (SSSR count). The van der Waals surface area contributed by atoms with Crippen molar-refractivity contribution >= 4 is 23.4 Å². The first kappa shape index (κ1) is 20.8. The van der Waals surface area contributed by atoms with Crippen LogP contribution in [0.5, 0.6) is 0 Å². The van der Waals surface area contributed by atoms with Crippen molar-refractivity contribution in [1.29, 1.82) is 5.26 Å². The molecule has 2 aromatic rings. The number of rotatable bonds is 6. The minimum Gasteiger partial charge on any atom is -0.376 e. The quantitative estimate of drug-likeness (QED) is 0.674. The Morgan fingerprint density at radius 1 is 1.13 bits per heavy atom. The molecular formula is C24H23N3O4. The van der Waals surface area contributed by atoms with Gasteiger partial charge in [-0.05, 0) is 42.7 Å². The monoisotopic (exact) mass is 417 g/mol. The average Bonchev–Trinajstić information content (AvgIpc) is 3.40. The van der Waals surface area contributed by atoms with Crippen LogP contribution in [-0.4, -0.2) is 47.9 Å². The van der Waals surface area contributed by atoms with E-state index < -0.39 is 11.9 Å². The molecule has 0 aliphatic carbocycles. The lowest BCUT2D eigenvalue weighted by atomic mass is 10.1. The van der Waals surface area contributed by atoms with Gasteiger partial charge in [0.15, 0.2) is 0 Å². The molecule has 0 saturated carbocycles. The summed E-state index contributed by atoms with van der Waals surface area (Å²) in [6.45, 7) is 0.927. The van der Waals surface area contributed by atoms with Crippen LogP contribution in [0.3, 0.4) is 0 Å². The number of benzene rings is 2. The Bertz CT molecular complexity index is 1010. The molecule has 0 bridgehead atoms. The number of hydrogen-bond donors (Lipinski definition) is 0. The second-order valence-electron chi connectivity index (χ2n) is 7.79. The van der Waals surface area contributed by atoms with E-state index in [1.807, 2.05) is 36.4 Å². The maximum atomic E-state index is 13.2. The van der Waals surface area contributed by atoms with Gasteiger partial charge in [-0.25, -0.2) is 4.90 Å². The molecule has 2 unspecified atom stereocenters. The van der Waals surface area contributed by atoms with E-state index in [1.165, 1.54) is 4.90 Å². The highest BCUT2D eigenvalue weighted by Crippen LogP contribution is 2.27. The lowest BCUT2D eigenvalue weighted by molar-refractivity contribution is -0.139. The van der Waals surface area contributed by atoms with Crippen LogP contribution in [0.1, 0.15) is 30.4 Å². The molecule has 2 aromatic carbocycles. The molecule has 7 nitrogen and oxygen atoms in total. The Morgan fingerprint density at radius 3 is 2.52 bits per heavy atom. The summed E-state index contributed by atoms with van der Waals surface area (Å²) < 4.78 is 5.71. The molecule has 0 N–H and O–H groups in total. The molecule has 0 spiro atoms. The number of imide groups is 1. The molecule has 2 aliphatic rings. The zero-order chi connectivity index (χ0) is 21.8. The third-order valence-corrected chi connectivity index (χ3v) is 5.70. The number of carbonyl (C=O) groups is 3. The molecule has 2 fully saturated rings. The summed E-state index contributed by atoms with van der Waals surface area (Å²) in [6, 6.07) is 16.8. The summed E-state index contributed by atoms with van der Waals surface area (Å²) in [5.41, 5.74) is 1.70. The predicted molar refractivity (Wildman–Crippen MR) is 113 cm³/mol. The van der Waals surface area contributed by atoms with Crippen molar-refractivity contribution < 1.29 is 19.1 Å². The molecule has 0 radical (unpaired) electrons. The Hall–Kier alpha value is -3.50. The number of nitrogens with zero attached hydrogens (tertiary/aromatic N) is 3. The maximum Gasteiger partial charge on any atom is 0.257 e. The van der Waals surface area contributed by atoms with Crippen LogP contribution in [0.2, 0.25) is 0 Å². The molecule has 0 aromatic heterocycles. The van der Waals surface area contributed by atoms with Crippen molar-refractivity contribution in [2.24, 2.45) is 0 Å². The lowest BCUT2D eigenvalue weighted by Gasteiger charge is -2.30. The Balaban J connectivity index is 1.57. The molecule has 3 amide bonds. The van der Waals surface area contributed by atoms with Crippen LogP contribution in [-0.2, 0) is 25.5 Å². The fraction of sp³-hybridized carbons (Fsp3) is 0.333. The number of nitriles is 1. The van der Waals surface area contributed by atoms with Crippen molar-refractivity contribution in [3.05, 3.63) is 65.7 Å². The van der Waals surface area contributed by atoms with Gasteiger partial charge in [-0.1, -0.05) is 30.3 Å². The van der Waals surface area contributed by atoms with E-state index in [0.717, 1.165) is 23.3 Å². The van der Waals surface area contributed by atoms with E-state index in [9.17, 15) is 14.4 Å². The van der Waals surface area contributed by atoms with Crippen LogP contribution in [0.15, 0.2) is 54.6 Å². The van der Waals surface area contributed by atoms with Crippen molar-refractivity contribution in [2.45, 2.75) is 37.8 Å². The minimum atomic E-state index is -0.858. The highest BCUT2D eigenvalue weighted by atomic mass is 16.5. The molecule has 158 valence electrons. The number of anilines is 1. The van der Waals surface area contributed by atoms with Gasteiger partial charge in [-0.2, -0.15) is 5.26 Å². The summed E-state index contributed by atoms with van der Waals surface area (Å²) >= 11 is 0. The largest absolute Gasteiger partial charge is 0.376 e. The summed E-state index contributed by atoms with van der Waals surface area (Å²) in [5, 5.41) is 8.98. The van der Waals surface area contributed by atoms with Crippen LogP contribution < -0.4 is 4.90 Å². The topological polar surface area (TPSA) is 90.7 Å². The zero-order valence-electron chi connectivity index (χ0n) is 17.1. The van der Waals surface area contributed by atoms with Crippen molar-refractivity contribution in [1.82, 2.24) is 4.90 Å². The van der Waals surface area contributed by atoms with Crippen LogP contribution >= 0.6 is 0 Å². The van der Waals surface area contributed by atoms with E-state index in [2.05, 4.69) is 0 Å². The third-order valence-electron chi connectivity index (χ3n) is 5.70. The van der Waals surface area contributed by atoms with E-state index in [0.29, 0.717) is 17.9 Å². The molecule has 2 atom stereocenters. The Labute approximate surface area is 180 Å². The second-order valence-corrected chi connectivity index (χ2v) is 7.79. The summed E-state index contributed by atoms with van der Waals surface area (Å²) in [5.74, 6) is -0.979. The first-order chi connectivity index (χ1) is 15.1. The molecule has 2 heterocycles. The summed E-state index contributed by atoms with van der Waals surface area (Å²) in [4.78, 5) is 41.8. The van der Waals surface area contributed by atoms with Gasteiger partial charge >= 0.3 is 0 Å². The van der Waals surface area contributed by atoms with Crippen molar-refractivity contribution in [2.75, 3.05) is 18.1 Å². The van der Waals surface area contributed by atoms with E-state index >= 15 is 0 Å². The van der Waals surface area contributed by atoms with Crippen LogP contribution in [0, 0.1) is 11.3 Å². The van der Waals surface area contributed by atoms with E-state index in [4.69, 9.17) is 10.00 Å². The molecule has 2 aliphatic heterocycles. The smallest absolute Gasteiger partial charge is 0.257 e. The lowest BCUT2D eigenvalue weighted by Crippen LogP contribution is -2.49. The first-order valence-electron chi connectivity index (χ1n) is 10.4. The third kappa shape index (κ3) is 4.49. The van der Waals surface area contributed by atoms with Gasteiger partial charge in [0.05, 0.1) is 36.3 Å². The number of hydrogen-bond acceptors (Lipinski definition) is 5. The highest BCUT2D eigenvalue weighted by Gasteiger charge is 2.45. The summed E-state index contributed by atoms with van der Waals surface area (Å²) in [7, 11) is 0. The zero-order valence-corrected chi connectivity index (χ0v) is 17.1. The number of ether oxygens (including phenoxy) is 1. The number of amides is 3. The van der Waals surface area contributed by atoms with Gasteiger partial charge in [-0.3, -0.25) is 14.4 Å². The van der Waals surface area contributed by atoms with Crippen molar-refractivity contribution in [3.8, 4) is 6.07 Å². The van der Waals surface area contributed by atoms with E-state index in [1.54, 1.807) is 24.3 Å². The van der Waals surface area contributed by atoms with Crippen LogP contribution in [0.25, 0.3) is 0 Å². The minimum absolute atomic E-state index is 0.0634. The van der Waals surface area contributed by atoms with Gasteiger partial charge in [-0.15, -0.1) is 0 Å². The van der Waals surface area contributed by atoms with Gasteiger partial charge < -0.3 is 9.64 Å². The van der Waals surface area contributed by atoms with Gasteiger partial charge in [0.2, 0.25) is 11.8 Å². The normalized spacial score (nSPS) is 20.7. The average molecular weight is 417 g/mol. The van der Waals surface area contributed by atoms with Crippen LogP contribution in [0.4, 0.5) is 5.69 Å². The molecular weight excluding hydrogens is 394 g/mol. The van der Waals surface area contributed by atoms with E-state index in [-0.39, 0.29) is 37.3 Å². The molecule has 7 heteroatoms. The van der Waals surface area contributed by atoms with Gasteiger partial charge in [0.25, 0.3) is 5.91 Å². The molecule has 31 heavy (non-hydrogen) atoms. The van der Waals surface area contributed by atoms with Gasteiger partial charge in [0, 0.05) is 13.2 Å². The first-order valence-corrected chi connectivity index (χ1v) is 10.4. The number of carbonyl (C=O) groups excluding carboxylic acids is 3. The fourth-order valence-corrected chi connectivity index (χ4v) is 4.10. The van der Waals surface area contributed by atoms with Crippen molar-refractivity contribution in [3.63, 3.8) is 0 Å². The fourth-order valence-electron chi connectivity index (χ4n) is 4.10. The molecule has 2 saturated heterocycles. The summed E-state index contributed by atoms with van der Waals surface area (Å²) in [6.07, 6.45) is 1.70. The highest BCUT2D eigenvalue weighted by molar-refractivity contribution is 6.23.